The molecule has 3 aromatic heterocycles. The van der Waals surface area contributed by atoms with Crippen LogP contribution in [0.5, 0.6) is 0 Å². The average molecular weight is 369 g/mol. The van der Waals surface area contributed by atoms with Crippen LogP contribution >= 0.6 is 11.3 Å². The summed E-state index contributed by atoms with van der Waals surface area (Å²) in [5, 5.41) is 4.00. The number of H-pyrrole nitrogens is 1. The molecule has 0 aliphatic carbocycles. The number of hydrogen-bond acceptors (Lipinski definition) is 5. The van der Waals surface area contributed by atoms with Crippen molar-refractivity contribution in [1.29, 1.82) is 0 Å². The number of pyridine rings is 1. The Bertz CT molecular complexity index is 988. The molecule has 0 unspecified atom stereocenters. The third-order valence-corrected chi connectivity index (χ3v) is 4.02. The largest absolute Gasteiger partial charge is 0.459 e. The predicted octanol–water partition coefficient (Wildman–Crippen LogP) is 3.67. The van der Waals surface area contributed by atoms with Gasteiger partial charge in [-0.2, -0.15) is 13.2 Å². The van der Waals surface area contributed by atoms with Crippen LogP contribution in [0.3, 0.4) is 0 Å². The number of carbonyl (C=O) groups excluding carboxylic acids is 1. The van der Waals surface area contributed by atoms with Crippen molar-refractivity contribution in [2.24, 2.45) is 0 Å². The van der Waals surface area contributed by atoms with Crippen molar-refractivity contribution >= 4 is 22.9 Å². The minimum atomic E-state index is -4.64. The quantitative estimate of drug-likeness (QED) is 0.737. The van der Waals surface area contributed by atoms with Gasteiger partial charge in [0.05, 0.1) is 5.56 Å². The highest BCUT2D eigenvalue weighted by molar-refractivity contribution is 7.13. The lowest BCUT2D eigenvalue weighted by molar-refractivity contribution is -0.137. The van der Waals surface area contributed by atoms with Crippen molar-refractivity contribution in [2.75, 3.05) is 5.32 Å². The molecule has 6 nitrogen and oxygen atoms in total. The Hall–Kier alpha value is -2.88. The first-order valence-electron chi connectivity index (χ1n) is 6.87. The van der Waals surface area contributed by atoms with Gasteiger partial charge in [0, 0.05) is 11.6 Å². The molecule has 0 saturated carbocycles. The summed E-state index contributed by atoms with van der Waals surface area (Å²) >= 11 is 1.13. The molecule has 0 aliphatic heterocycles. The first-order chi connectivity index (χ1) is 11.7. The maximum Gasteiger partial charge on any atom is 0.417 e. The molecule has 3 rings (SSSR count). The molecule has 3 aromatic rings. The zero-order valence-corrected chi connectivity index (χ0v) is 13.4. The fourth-order valence-electron chi connectivity index (χ4n) is 1.97. The van der Waals surface area contributed by atoms with E-state index in [1.165, 1.54) is 5.38 Å². The number of aryl methyl sites for hydroxylation is 1. The van der Waals surface area contributed by atoms with E-state index in [2.05, 4.69) is 10.3 Å². The lowest BCUT2D eigenvalue weighted by Gasteiger charge is -2.08. The van der Waals surface area contributed by atoms with E-state index in [0.717, 1.165) is 11.3 Å². The Morgan fingerprint density at radius 3 is 2.76 bits per heavy atom. The van der Waals surface area contributed by atoms with Crippen LogP contribution in [0.15, 0.2) is 39.0 Å². The molecule has 0 radical (unpaired) electrons. The number of alkyl halides is 3. The summed E-state index contributed by atoms with van der Waals surface area (Å²) in [4.78, 5) is 29.8. The Balaban J connectivity index is 1.84. The van der Waals surface area contributed by atoms with Gasteiger partial charge in [0.2, 0.25) is 0 Å². The highest BCUT2D eigenvalue weighted by Crippen LogP contribution is 2.29. The van der Waals surface area contributed by atoms with Crippen LogP contribution in [0.1, 0.15) is 21.8 Å². The van der Waals surface area contributed by atoms with Crippen LogP contribution in [0.25, 0.3) is 10.8 Å². The van der Waals surface area contributed by atoms with Crippen LogP contribution in [0, 0.1) is 6.92 Å². The van der Waals surface area contributed by atoms with Crippen LogP contribution in [-0.4, -0.2) is 15.9 Å². The molecule has 0 bridgehead atoms. The second kappa shape index (κ2) is 6.20. The Labute approximate surface area is 142 Å². The van der Waals surface area contributed by atoms with Crippen molar-refractivity contribution in [3.63, 3.8) is 0 Å². The van der Waals surface area contributed by atoms with Gasteiger partial charge in [-0.1, -0.05) is 0 Å². The second-order valence-corrected chi connectivity index (χ2v) is 5.89. The van der Waals surface area contributed by atoms with Gasteiger partial charge in [-0.3, -0.25) is 9.59 Å². The highest BCUT2D eigenvalue weighted by atomic mass is 32.1. The first-order valence-corrected chi connectivity index (χ1v) is 7.75. The summed E-state index contributed by atoms with van der Waals surface area (Å²) in [5.74, 6) is 0.348. The summed E-state index contributed by atoms with van der Waals surface area (Å²) in [5.41, 5.74) is -2.47. The number of aromatic nitrogens is 2. The maximum atomic E-state index is 12.7. The average Bonchev–Trinajstić information content (AvgIpc) is 3.17. The standard InChI is InChI=1S/C15H10F3N3O3S/c1-7-2-3-11(24-7)14-21-10(6-25-14)13(23)20-9-4-8(15(16,17)18)5-19-12(9)22/h2-6H,1H3,(H,19,22)(H,20,23). The molecule has 25 heavy (non-hydrogen) atoms. The number of hydrogen-bond donors (Lipinski definition) is 2. The summed E-state index contributed by atoms with van der Waals surface area (Å²) in [7, 11) is 0. The van der Waals surface area contributed by atoms with Crippen LogP contribution in [0.2, 0.25) is 0 Å². The Morgan fingerprint density at radius 2 is 2.12 bits per heavy atom. The number of nitrogens with one attached hydrogen (secondary N) is 2. The number of halogens is 3. The predicted molar refractivity (Wildman–Crippen MR) is 84.6 cm³/mol. The van der Waals surface area contributed by atoms with Gasteiger partial charge in [0.1, 0.15) is 17.1 Å². The number of furan rings is 1. The Kier molecular flexibility index (Phi) is 4.21. The number of nitrogens with zero attached hydrogens (tertiary/aromatic N) is 1. The molecule has 130 valence electrons. The second-order valence-electron chi connectivity index (χ2n) is 5.03. The summed E-state index contributed by atoms with van der Waals surface area (Å²) in [6, 6.07) is 3.99. The maximum absolute atomic E-state index is 12.7. The van der Waals surface area contributed by atoms with Gasteiger partial charge in [-0.25, -0.2) is 4.98 Å². The van der Waals surface area contributed by atoms with Gasteiger partial charge in [0.25, 0.3) is 11.5 Å². The topological polar surface area (TPSA) is 88.0 Å². The monoisotopic (exact) mass is 369 g/mol. The van der Waals surface area contributed by atoms with Gasteiger partial charge in [0.15, 0.2) is 10.8 Å². The van der Waals surface area contributed by atoms with E-state index >= 15 is 0 Å². The first kappa shape index (κ1) is 17.0. The van der Waals surface area contributed by atoms with Crippen molar-refractivity contribution in [2.45, 2.75) is 13.1 Å². The molecule has 0 saturated heterocycles. The van der Waals surface area contributed by atoms with Crippen LogP contribution < -0.4 is 10.9 Å². The molecule has 0 atom stereocenters. The molecular formula is C15H10F3N3O3S. The van der Waals surface area contributed by atoms with Crippen molar-refractivity contribution in [3.05, 3.63) is 57.1 Å². The fourth-order valence-corrected chi connectivity index (χ4v) is 2.73. The van der Waals surface area contributed by atoms with E-state index < -0.39 is 28.9 Å². The van der Waals surface area contributed by atoms with Gasteiger partial charge in [-0.05, 0) is 25.1 Å². The van der Waals surface area contributed by atoms with Gasteiger partial charge < -0.3 is 14.7 Å². The number of anilines is 1. The normalized spacial score (nSPS) is 11.5. The Morgan fingerprint density at radius 1 is 1.36 bits per heavy atom. The third kappa shape index (κ3) is 3.63. The zero-order chi connectivity index (χ0) is 18.2. The molecule has 0 aromatic carbocycles. The number of rotatable bonds is 3. The molecule has 0 fully saturated rings. The number of amides is 1. The van der Waals surface area contributed by atoms with E-state index in [1.54, 1.807) is 19.1 Å². The highest BCUT2D eigenvalue weighted by Gasteiger charge is 2.31. The van der Waals surface area contributed by atoms with E-state index in [0.29, 0.717) is 28.8 Å². The molecule has 3 heterocycles. The number of thiazole rings is 1. The fraction of sp³-hybridized carbons (Fsp3) is 0.133. The SMILES string of the molecule is Cc1ccc(-c2nc(C(=O)Nc3cc(C(F)(F)F)c[nH]c3=O)cs2)o1. The molecular weight excluding hydrogens is 359 g/mol. The molecule has 2 N–H and O–H groups in total. The number of carbonyl (C=O) groups is 1. The summed E-state index contributed by atoms with van der Waals surface area (Å²) in [6.07, 6.45) is -4.10. The van der Waals surface area contributed by atoms with Crippen molar-refractivity contribution in [3.8, 4) is 10.8 Å². The molecule has 0 aliphatic rings. The third-order valence-electron chi connectivity index (χ3n) is 3.17. The van der Waals surface area contributed by atoms with Crippen LogP contribution in [0.4, 0.5) is 18.9 Å². The van der Waals surface area contributed by atoms with Crippen LogP contribution in [-0.2, 0) is 6.18 Å². The summed E-state index contributed by atoms with van der Waals surface area (Å²) < 4.78 is 43.5. The number of aromatic amines is 1. The van der Waals surface area contributed by atoms with E-state index in [-0.39, 0.29) is 5.69 Å². The van der Waals surface area contributed by atoms with E-state index in [1.807, 2.05) is 4.98 Å². The lowest BCUT2D eigenvalue weighted by atomic mass is 10.2. The van der Waals surface area contributed by atoms with Crippen molar-refractivity contribution < 1.29 is 22.4 Å². The minimum absolute atomic E-state index is 0.0362. The molecule has 10 heteroatoms. The van der Waals surface area contributed by atoms with Gasteiger partial charge >= 0.3 is 6.18 Å². The zero-order valence-electron chi connectivity index (χ0n) is 12.6. The van der Waals surface area contributed by atoms with E-state index in [9.17, 15) is 22.8 Å². The molecule has 0 spiro atoms. The minimum Gasteiger partial charge on any atom is -0.459 e. The lowest BCUT2D eigenvalue weighted by Crippen LogP contribution is -2.21. The molecule has 1 amide bonds. The van der Waals surface area contributed by atoms with Crippen molar-refractivity contribution in [1.82, 2.24) is 9.97 Å². The smallest absolute Gasteiger partial charge is 0.417 e. The van der Waals surface area contributed by atoms with E-state index in [4.69, 9.17) is 4.42 Å². The van der Waals surface area contributed by atoms with Gasteiger partial charge in [-0.15, -0.1) is 11.3 Å². The summed E-state index contributed by atoms with van der Waals surface area (Å²) in [6.45, 7) is 1.75.